The van der Waals surface area contributed by atoms with Crippen molar-refractivity contribution < 1.29 is 19.2 Å². The predicted octanol–water partition coefficient (Wildman–Crippen LogP) is 3.09. The van der Waals surface area contributed by atoms with E-state index >= 15 is 0 Å². The summed E-state index contributed by atoms with van der Waals surface area (Å²) in [6.07, 6.45) is -0.0119. The Morgan fingerprint density at radius 3 is 2.24 bits per heavy atom. The number of carbonyl (C=O) groups excluding carboxylic acids is 2. The van der Waals surface area contributed by atoms with Gasteiger partial charge in [-0.3, -0.25) is 35.9 Å². The third-order valence-electron chi connectivity index (χ3n) is 3.41. The molecule has 0 saturated carbocycles. The SMILES string of the molecule is CC(C)Oc1ccc(C(=O)NC(=S)NNC(=O)c2ccc([N+](=O)[O-])cc2)cc1Br. The van der Waals surface area contributed by atoms with Gasteiger partial charge in [-0.2, -0.15) is 0 Å². The minimum Gasteiger partial charge on any atom is -0.490 e. The van der Waals surface area contributed by atoms with Crippen molar-refractivity contribution in [1.82, 2.24) is 16.2 Å². The number of rotatable bonds is 5. The van der Waals surface area contributed by atoms with Gasteiger partial charge in [0.2, 0.25) is 0 Å². The molecule has 0 heterocycles. The van der Waals surface area contributed by atoms with Crippen LogP contribution in [0.2, 0.25) is 0 Å². The molecule has 3 N–H and O–H groups in total. The summed E-state index contributed by atoms with van der Waals surface area (Å²) in [6, 6.07) is 9.84. The van der Waals surface area contributed by atoms with Crippen LogP contribution in [0.1, 0.15) is 34.6 Å². The summed E-state index contributed by atoms with van der Waals surface area (Å²) in [4.78, 5) is 34.4. The Kier molecular flexibility index (Phi) is 7.62. The lowest BCUT2D eigenvalue weighted by Gasteiger charge is -2.13. The topological polar surface area (TPSA) is 123 Å². The molecule has 0 bridgehead atoms. The Morgan fingerprint density at radius 2 is 1.69 bits per heavy atom. The second kappa shape index (κ2) is 9.94. The zero-order chi connectivity index (χ0) is 21.6. The van der Waals surface area contributed by atoms with Crippen molar-refractivity contribution >= 4 is 50.8 Å². The van der Waals surface area contributed by atoms with Crippen molar-refractivity contribution in [3.63, 3.8) is 0 Å². The Balaban J connectivity index is 1.90. The molecule has 29 heavy (non-hydrogen) atoms. The zero-order valence-electron chi connectivity index (χ0n) is 15.4. The van der Waals surface area contributed by atoms with Gasteiger partial charge in [-0.15, -0.1) is 0 Å². The molecule has 152 valence electrons. The number of nitrogens with zero attached hydrogens (tertiary/aromatic N) is 1. The van der Waals surface area contributed by atoms with E-state index in [4.69, 9.17) is 17.0 Å². The molecule has 2 rings (SSSR count). The quantitative estimate of drug-likeness (QED) is 0.341. The summed E-state index contributed by atoms with van der Waals surface area (Å²) in [6.45, 7) is 3.78. The second-order valence-corrected chi connectivity index (χ2v) is 7.24. The molecule has 2 aromatic carbocycles. The zero-order valence-corrected chi connectivity index (χ0v) is 17.8. The highest BCUT2D eigenvalue weighted by Gasteiger charge is 2.13. The number of nitro groups is 1. The number of non-ortho nitro benzene ring substituents is 1. The van der Waals surface area contributed by atoms with Crippen molar-refractivity contribution in [2.45, 2.75) is 20.0 Å². The molecule has 0 fully saturated rings. The number of thiocarbonyl (C=S) groups is 1. The van der Waals surface area contributed by atoms with E-state index in [1.165, 1.54) is 24.3 Å². The van der Waals surface area contributed by atoms with E-state index in [-0.39, 0.29) is 22.5 Å². The summed E-state index contributed by atoms with van der Waals surface area (Å²) in [7, 11) is 0. The summed E-state index contributed by atoms with van der Waals surface area (Å²) in [5.41, 5.74) is 5.09. The van der Waals surface area contributed by atoms with Crippen LogP contribution in [0.3, 0.4) is 0 Å². The lowest BCUT2D eigenvalue weighted by atomic mass is 10.2. The molecular weight excluding hydrogens is 464 g/mol. The number of nitro benzene ring substituents is 1. The molecule has 0 aliphatic heterocycles. The molecule has 0 atom stereocenters. The summed E-state index contributed by atoms with van der Waals surface area (Å²) < 4.78 is 6.20. The van der Waals surface area contributed by atoms with E-state index in [2.05, 4.69) is 32.1 Å². The van der Waals surface area contributed by atoms with Gasteiger partial charge < -0.3 is 4.74 Å². The third-order valence-corrected chi connectivity index (χ3v) is 4.24. The molecule has 9 nitrogen and oxygen atoms in total. The maximum atomic E-state index is 12.3. The Hall–Kier alpha value is -3.05. The molecule has 2 aromatic rings. The molecule has 0 radical (unpaired) electrons. The number of benzene rings is 2. The van der Waals surface area contributed by atoms with Crippen LogP contribution in [0.25, 0.3) is 0 Å². The van der Waals surface area contributed by atoms with Crippen molar-refractivity contribution in [3.05, 3.63) is 68.2 Å². The van der Waals surface area contributed by atoms with Crippen LogP contribution < -0.4 is 20.9 Å². The van der Waals surface area contributed by atoms with Crippen LogP contribution in [0.5, 0.6) is 5.75 Å². The summed E-state index contributed by atoms with van der Waals surface area (Å²) in [5, 5.41) is 12.9. The number of nitrogens with one attached hydrogen (secondary N) is 3. The normalized spacial score (nSPS) is 10.2. The maximum absolute atomic E-state index is 12.3. The molecule has 0 spiro atoms. The number of carbonyl (C=O) groups is 2. The van der Waals surface area contributed by atoms with Gasteiger partial charge in [0.1, 0.15) is 5.75 Å². The number of amides is 2. The van der Waals surface area contributed by atoms with E-state index in [0.717, 1.165) is 0 Å². The second-order valence-electron chi connectivity index (χ2n) is 5.98. The molecule has 0 aliphatic carbocycles. The van der Waals surface area contributed by atoms with Crippen molar-refractivity contribution in [1.29, 1.82) is 0 Å². The maximum Gasteiger partial charge on any atom is 0.269 e. The highest BCUT2D eigenvalue weighted by molar-refractivity contribution is 9.10. The van der Waals surface area contributed by atoms with Gasteiger partial charge in [-0.05, 0) is 72.3 Å². The molecule has 2 amide bonds. The standard InChI is InChI=1S/C18H17BrN4O5S/c1-10(2)28-15-8-5-12(9-14(15)19)16(24)20-18(29)22-21-17(25)11-3-6-13(7-4-11)23(26)27/h3-10H,1-2H3,(H,21,25)(H2,20,22,24,29). The number of hydrogen-bond donors (Lipinski definition) is 3. The minimum absolute atomic E-state index is 0.0119. The lowest BCUT2D eigenvalue weighted by Crippen LogP contribution is -2.48. The Morgan fingerprint density at radius 1 is 1.07 bits per heavy atom. The predicted molar refractivity (Wildman–Crippen MR) is 114 cm³/mol. The first-order chi connectivity index (χ1) is 13.7. The minimum atomic E-state index is -0.575. The molecular formula is C18H17BrN4O5S. The first kappa shape index (κ1) is 22.2. The van der Waals surface area contributed by atoms with E-state index < -0.39 is 16.7 Å². The van der Waals surface area contributed by atoms with Crippen molar-refractivity contribution in [2.24, 2.45) is 0 Å². The van der Waals surface area contributed by atoms with Crippen LogP contribution in [-0.4, -0.2) is 28.0 Å². The van der Waals surface area contributed by atoms with E-state index in [1.807, 2.05) is 13.8 Å². The van der Waals surface area contributed by atoms with Crippen LogP contribution in [0.15, 0.2) is 46.9 Å². The van der Waals surface area contributed by atoms with Gasteiger partial charge in [0.25, 0.3) is 17.5 Å². The first-order valence-electron chi connectivity index (χ1n) is 8.29. The van der Waals surface area contributed by atoms with Crippen LogP contribution in [0, 0.1) is 10.1 Å². The van der Waals surface area contributed by atoms with Gasteiger partial charge in [-0.1, -0.05) is 0 Å². The molecule has 0 aromatic heterocycles. The number of hydrazine groups is 1. The fourth-order valence-electron chi connectivity index (χ4n) is 2.12. The molecule has 0 saturated heterocycles. The van der Waals surface area contributed by atoms with Gasteiger partial charge >= 0.3 is 0 Å². The Bertz CT molecular complexity index is 950. The van der Waals surface area contributed by atoms with E-state index in [9.17, 15) is 19.7 Å². The van der Waals surface area contributed by atoms with Crippen LogP contribution in [0.4, 0.5) is 5.69 Å². The largest absolute Gasteiger partial charge is 0.490 e. The molecule has 0 unspecified atom stereocenters. The third kappa shape index (κ3) is 6.50. The number of halogens is 1. The highest BCUT2D eigenvalue weighted by atomic mass is 79.9. The van der Waals surface area contributed by atoms with E-state index in [1.54, 1.807) is 18.2 Å². The van der Waals surface area contributed by atoms with Crippen molar-refractivity contribution in [3.8, 4) is 5.75 Å². The fraction of sp³-hybridized carbons (Fsp3) is 0.167. The first-order valence-corrected chi connectivity index (χ1v) is 9.50. The van der Waals surface area contributed by atoms with Gasteiger partial charge in [0, 0.05) is 23.3 Å². The summed E-state index contributed by atoms with van der Waals surface area (Å²) >= 11 is 8.33. The number of ether oxygens (including phenoxy) is 1. The fourth-order valence-corrected chi connectivity index (χ4v) is 2.73. The van der Waals surface area contributed by atoms with Gasteiger partial charge in [0.05, 0.1) is 15.5 Å². The van der Waals surface area contributed by atoms with Gasteiger partial charge in [-0.25, -0.2) is 0 Å². The monoisotopic (exact) mass is 480 g/mol. The highest BCUT2D eigenvalue weighted by Crippen LogP contribution is 2.26. The van der Waals surface area contributed by atoms with E-state index in [0.29, 0.717) is 15.8 Å². The summed E-state index contributed by atoms with van der Waals surface area (Å²) in [5.74, 6) is -0.453. The number of hydrogen-bond acceptors (Lipinski definition) is 6. The Labute approximate surface area is 180 Å². The van der Waals surface area contributed by atoms with Crippen LogP contribution in [-0.2, 0) is 0 Å². The lowest BCUT2D eigenvalue weighted by molar-refractivity contribution is -0.384. The average molecular weight is 481 g/mol. The van der Waals surface area contributed by atoms with Crippen molar-refractivity contribution in [2.75, 3.05) is 0 Å². The van der Waals surface area contributed by atoms with Crippen LogP contribution >= 0.6 is 28.1 Å². The average Bonchev–Trinajstić information content (AvgIpc) is 2.67. The molecule has 0 aliphatic rings. The van der Waals surface area contributed by atoms with Gasteiger partial charge in [0.15, 0.2) is 5.11 Å². The smallest absolute Gasteiger partial charge is 0.269 e. The molecule has 11 heteroatoms.